The molecule has 0 radical (unpaired) electrons. The molecule has 1 atom stereocenters. The van der Waals surface area contributed by atoms with Gasteiger partial charge in [0.25, 0.3) is 0 Å². The Labute approximate surface area is 138 Å². The Kier molecular flexibility index (Phi) is 6.16. The standard InChI is InChI=1S/C18H26N2O3/c1-13-11-14(6-8-17(13)23-3)16(21)7-9-18(22)19-15-5-4-10-20(2)12-15/h6,8,11,15H,4-5,7,9-10,12H2,1-3H3,(H,19,22)/t15-/m0/s1. The number of piperidine rings is 1. The van der Waals surface area contributed by atoms with Gasteiger partial charge in [-0.15, -0.1) is 0 Å². The summed E-state index contributed by atoms with van der Waals surface area (Å²) < 4.78 is 5.19. The first kappa shape index (κ1) is 17.5. The van der Waals surface area contributed by atoms with Gasteiger partial charge in [0.05, 0.1) is 7.11 Å². The summed E-state index contributed by atoms with van der Waals surface area (Å²) in [6.07, 6.45) is 2.59. The number of aryl methyl sites for hydroxylation is 1. The van der Waals surface area contributed by atoms with Crippen LogP contribution in [0.3, 0.4) is 0 Å². The van der Waals surface area contributed by atoms with E-state index in [1.165, 1.54) is 0 Å². The van der Waals surface area contributed by atoms with Crippen molar-refractivity contribution in [3.63, 3.8) is 0 Å². The number of rotatable bonds is 6. The third-order valence-electron chi connectivity index (χ3n) is 4.29. The van der Waals surface area contributed by atoms with E-state index in [1.807, 2.05) is 13.0 Å². The molecule has 0 spiro atoms. The first-order valence-electron chi connectivity index (χ1n) is 8.15. The number of likely N-dealkylation sites (N-methyl/N-ethyl adjacent to an activating group) is 1. The van der Waals surface area contributed by atoms with Crippen LogP contribution in [-0.4, -0.2) is 49.9 Å². The highest BCUT2D eigenvalue weighted by Crippen LogP contribution is 2.19. The number of benzene rings is 1. The molecule has 23 heavy (non-hydrogen) atoms. The molecule has 2 rings (SSSR count). The van der Waals surface area contributed by atoms with Gasteiger partial charge in [0.2, 0.25) is 5.91 Å². The molecule has 1 amide bonds. The minimum absolute atomic E-state index is 0.00772. The molecule has 1 N–H and O–H groups in total. The molecule has 0 aliphatic carbocycles. The van der Waals surface area contributed by atoms with Crippen molar-refractivity contribution in [1.82, 2.24) is 10.2 Å². The van der Waals surface area contributed by atoms with Gasteiger partial charge in [0.1, 0.15) is 5.75 Å². The number of nitrogens with zero attached hydrogens (tertiary/aromatic N) is 1. The highest BCUT2D eigenvalue weighted by molar-refractivity contribution is 5.98. The number of ether oxygens (including phenoxy) is 1. The van der Waals surface area contributed by atoms with Gasteiger partial charge in [-0.1, -0.05) is 0 Å². The van der Waals surface area contributed by atoms with Gasteiger partial charge in [-0.2, -0.15) is 0 Å². The van der Waals surface area contributed by atoms with Crippen LogP contribution in [0.1, 0.15) is 41.6 Å². The molecule has 0 unspecified atom stereocenters. The van der Waals surface area contributed by atoms with E-state index in [0.717, 1.165) is 37.2 Å². The number of carbonyl (C=O) groups is 2. The average Bonchev–Trinajstić information content (AvgIpc) is 2.52. The Bertz CT molecular complexity index is 571. The van der Waals surface area contributed by atoms with E-state index in [9.17, 15) is 9.59 Å². The average molecular weight is 318 g/mol. The molecule has 5 heteroatoms. The van der Waals surface area contributed by atoms with Crippen molar-refractivity contribution in [1.29, 1.82) is 0 Å². The van der Waals surface area contributed by atoms with Crippen molar-refractivity contribution in [2.24, 2.45) is 0 Å². The molecule has 1 aliphatic rings. The summed E-state index contributed by atoms with van der Waals surface area (Å²) in [7, 11) is 3.67. The minimum Gasteiger partial charge on any atom is -0.496 e. The van der Waals surface area contributed by atoms with E-state index in [0.29, 0.717) is 5.56 Å². The summed E-state index contributed by atoms with van der Waals surface area (Å²) in [5.41, 5.74) is 1.56. The van der Waals surface area contributed by atoms with Crippen LogP contribution in [0, 0.1) is 6.92 Å². The summed E-state index contributed by atoms with van der Waals surface area (Å²) in [6, 6.07) is 5.57. The van der Waals surface area contributed by atoms with E-state index < -0.39 is 0 Å². The van der Waals surface area contributed by atoms with Crippen LogP contribution in [0.5, 0.6) is 5.75 Å². The van der Waals surface area contributed by atoms with Gasteiger partial charge in [0, 0.05) is 31.0 Å². The number of hydrogen-bond acceptors (Lipinski definition) is 4. The molecule has 0 aromatic heterocycles. The maximum absolute atomic E-state index is 12.2. The number of nitrogens with one attached hydrogen (secondary N) is 1. The zero-order valence-corrected chi connectivity index (χ0v) is 14.2. The van der Waals surface area contributed by atoms with Crippen molar-refractivity contribution >= 4 is 11.7 Å². The van der Waals surface area contributed by atoms with Crippen LogP contribution < -0.4 is 10.1 Å². The fourth-order valence-electron chi connectivity index (χ4n) is 3.01. The summed E-state index contributed by atoms with van der Waals surface area (Å²) >= 11 is 0. The lowest BCUT2D eigenvalue weighted by molar-refractivity contribution is -0.122. The lowest BCUT2D eigenvalue weighted by atomic mass is 10.0. The molecular weight excluding hydrogens is 292 g/mol. The summed E-state index contributed by atoms with van der Waals surface area (Å²) in [4.78, 5) is 26.5. The molecule has 126 valence electrons. The maximum Gasteiger partial charge on any atom is 0.220 e. The largest absolute Gasteiger partial charge is 0.496 e. The number of likely N-dealkylation sites (tertiary alicyclic amines) is 1. The maximum atomic E-state index is 12.2. The Morgan fingerprint density at radius 3 is 2.78 bits per heavy atom. The van der Waals surface area contributed by atoms with Gasteiger partial charge in [-0.3, -0.25) is 9.59 Å². The van der Waals surface area contributed by atoms with Crippen LogP contribution in [0.4, 0.5) is 0 Å². The van der Waals surface area contributed by atoms with Crippen LogP contribution in [0.25, 0.3) is 0 Å². The topological polar surface area (TPSA) is 58.6 Å². The summed E-state index contributed by atoms with van der Waals surface area (Å²) in [5, 5.41) is 3.03. The molecule has 1 aromatic carbocycles. The van der Waals surface area contributed by atoms with Gasteiger partial charge in [-0.25, -0.2) is 0 Å². The minimum atomic E-state index is -0.0381. The van der Waals surface area contributed by atoms with Crippen molar-refractivity contribution in [2.45, 2.75) is 38.6 Å². The smallest absolute Gasteiger partial charge is 0.220 e. The van der Waals surface area contributed by atoms with Gasteiger partial charge in [0.15, 0.2) is 5.78 Å². The lowest BCUT2D eigenvalue weighted by Gasteiger charge is -2.30. The van der Waals surface area contributed by atoms with Gasteiger partial charge < -0.3 is 15.0 Å². The molecule has 1 fully saturated rings. The zero-order valence-electron chi connectivity index (χ0n) is 14.2. The first-order valence-corrected chi connectivity index (χ1v) is 8.15. The van der Waals surface area contributed by atoms with Crippen LogP contribution in [0.2, 0.25) is 0 Å². The van der Waals surface area contributed by atoms with Crippen LogP contribution >= 0.6 is 0 Å². The molecule has 0 bridgehead atoms. The first-order chi connectivity index (χ1) is 11.0. The van der Waals surface area contributed by atoms with Crippen LogP contribution in [0.15, 0.2) is 18.2 Å². The Hall–Kier alpha value is -1.88. The van der Waals surface area contributed by atoms with Crippen LogP contribution in [-0.2, 0) is 4.79 Å². The predicted octanol–water partition coefficient (Wildman–Crippen LogP) is 2.18. The van der Waals surface area contributed by atoms with E-state index in [-0.39, 0.29) is 30.6 Å². The van der Waals surface area contributed by atoms with E-state index in [2.05, 4.69) is 17.3 Å². The number of hydrogen-bond donors (Lipinski definition) is 1. The molecule has 1 saturated heterocycles. The molecule has 0 saturated carbocycles. The van der Waals surface area contributed by atoms with Crippen molar-refractivity contribution < 1.29 is 14.3 Å². The van der Waals surface area contributed by atoms with Crippen molar-refractivity contribution in [3.8, 4) is 5.75 Å². The molecule has 1 aliphatic heterocycles. The van der Waals surface area contributed by atoms with E-state index in [1.54, 1.807) is 19.2 Å². The second-order valence-corrected chi connectivity index (χ2v) is 6.28. The Balaban J connectivity index is 1.81. The number of ketones is 1. The molecular formula is C18H26N2O3. The fraction of sp³-hybridized carbons (Fsp3) is 0.556. The monoisotopic (exact) mass is 318 g/mol. The number of Topliss-reactive ketones (excluding diaryl/α,β-unsaturated/α-hetero) is 1. The molecule has 1 aromatic rings. The quantitative estimate of drug-likeness (QED) is 0.817. The predicted molar refractivity (Wildman–Crippen MR) is 90.0 cm³/mol. The molecule has 1 heterocycles. The van der Waals surface area contributed by atoms with Gasteiger partial charge in [-0.05, 0) is 57.1 Å². The molecule has 5 nitrogen and oxygen atoms in total. The second kappa shape index (κ2) is 8.11. The third kappa shape index (κ3) is 5.06. The van der Waals surface area contributed by atoms with Crippen molar-refractivity contribution in [3.05, 3.63) is 29.3 Å². The lowest BCUT2D eigenvalue weighted by Crippen LogP contribution is -2.46. The Morgan fingerprint density at radius 2 is 2.13 bits per heavy atom. The van der Waals surface area contributed by atoms with E-state index in [4.69, 9.17) is 4.74 Å². The number of methoxy groups -OCH3 is 1. The highest BCUT2D eigenvalue weighted by Gasteiger charge is 2.19. The zero-order chi connectivity index (χ0) is 16.8. The van der Waals surface area contributed by atoms with Crippen molar-refractivity contribution in [2.75, 3.05) is 27.2 Å². The SMILES string of the molecule is COc1ccc(C(=O)CCC(=O)N[C@H]2CCCN(C)C2)cc1C. The third-order valence-corrected chi connectivity index (χ3v) is 4.29. The number of amides is 1. The number of carbonyl (C=O) groups excluding carboxylic acids is 2. The highest BCUT2D eigenvalue weighted by atomic mass is 16.5. The summed E-state index contributed by atoms with van der Waals surface area (Å²) in [6.45, 7) is 3.88. The normalized spacial score (nSPS) is 18.5. The van der Waals surface area contributed by atoms with E-state index >= 15 is 0 Å². The van der Waals surface area contributed by atoms with Gasteiger partial charge >= 0.3 is 0 Å². The Morgan fingerprint density at radius 1 is 1.35 bits per heavy atom. The summed E-state index contributed by atoms with van der Waals surface area (Å²) in [5.74, 6) is 0.719. The second-order valence-electron chi connectivity index (χ2n) is 6.28. The fourth-order valence-corrected chi connectivity index (χ4v) is 3.01.